The molecule has 0 atom stereocenters. The van der Waals surface area contributed by atoms with Gasteiger partial charge in [0, 0.05) is 24.0 Å². The quantitative estimate of drug-likeness (QED) is 0.181. The molecule has 10 heteroatoms. The van der Waals surface area contributed by atoms with Crippen LogP contribution in [0.3, 0.4) is 0 Å². The molecule has 0 radical (unpaired) electrons. The number of amides is 2. The lowest BCUT2D eigenvalue weighted by atomic mass is 10.1. The number of aromatic nitrogens is 3. The number of pyridine rings is 1. The van der Waals surface area contributed by atoms with Crippen LogP contribution in [0.15, 0.2) is 78.2 Å². The minimum atomic E-state index is -0.549. The van der Waals surface area contributed by atoms with E-state index in [0.717, 1.165) is 38.2 Å². The monoisotopic (exact) mass is 540 g/mol. The Bertz CT molecular complexity index is 1660. The number of fused-ring (bicyclic) bond motifs is 3. The number of anilines is 1. The van der Waals surface area contributed by atoms with E-state index in [2.05, 4.69) is 32.8 Å². The van der Waals surface area contributed by atoms with Gasteiger partial charge in [0.2, 0.25) is 5.91 Å². The number of nitrogens with two attached hydrogens (primary N) is 1. The third kappa shape index (κ3) is 5.75. The number of carbonyl (C=O) groups excluding carboxylic acids is 2. The third-order valence-electron chi connectivity index (χ3n) is 6.16. The largest absolute Gasteiger partial charge is 0.448 e. The Morgan fingerprint density at radius 3 is 2.54 bits per heavy atom. The van der Waals surface area contributed by atoms with Crippen LogP contribution in [-0.4, -0.2) is 39.7 Å². The maximum Gasteiger partial charge on any atom is 0.407 e. The second-order valence-electron chi connectivity index (χ2n) is 9.05. The van der Waals surface area contributed by atoms with Crippen molar-refractivity contribution in [3.8, 4) is 10.7 Å². The molecule has 0 bridgehead atoms. The molecule has 0 fully saturated rings. The topological polar surface area (TPSA) is 124 Å². The van der Waals surface area contributed by atoms with E-state index in [0.29, 0.717) is 30.0 Å². The van der Waals surface area contributed by atoms with Crippen LogP contribution < -0.4 is 16.4 Å². The summed E-state index contributed by atoms with van der Waals surface area (Å²) in [6, 6.07) is 20.0. The van der Waals surface area contributed by atoms with Gasteiger partial charge < -0.3 is 25.7 Å². The molecule has 5 aromatic rings. The highest BCUT2D eigenvalue weighted by Gasteiger charge is 2.19. The first-order valence-corrected chi connectivity index (χ1v) is 13.3. The van der Waals surface area contributed by atoms with Crippen LogP contribution in [0.2, 0.25) is 0 Å². The lowest BCUT2D eigenvalue weighted by molar-refractivity contribution is -0.117. The fourth-order valence-corrected chi connectivity index (χ4v) is 4.96. The van der Waals surface area contributed by atoms with Crippen LogP contribution in [0.5, 0.6) is 0 Å². The van der Waals surface area contributed by atoms with Crippen LogP contribution in [0.25, 0.3) is 32.6 Å². The van der Waals surface area contributed by atoms with Crippen LogP contribution in [0.4, 0.5) is 10.6 Å². The molecule has 9 nitrogen and oxygen atoms in total. The minimum Gasteiger partial charge on any atom is -0.448 e. The van der Waals surface area contributed by atoms with Crippen molar-refractivity contribution < 1.29 is 14.3 Å². The van der Waals surface area contributed by atoms with E-state index in [9.17, 15) is 9.59 Å². The van der Waals surface area contributed by atoms with Crippen molar-refractivity contribution in [3.05, 3.63) is 89.3 Å². The zero-order chi connectivity index (χ0) is 27.4. The van der Waals surface area contributed by atoms with Gasteiger partial charge in [0.15, 0.2) is 11.6 Å². The van der Waals surface area contributed by atoms with Crippen molar-refractivity contribution in [3.63, 3.8) is 0 Å². The molecule has 3 heterocycles. The number of hydrogen-bond acceptors (Lipinski definition) is 7. The number of imidazole rings is 1. The number of thiophene rings is 1. The molecule has 3 aromatic heterocycles. The number of benzene rings is 2. The normalized spacial score (nSPS) is 11.0. The second-order valence-corrected chi connectivity index (χ2v) is 10.0. The Hall–Kier alpha value is -4.70. The molecule has 39 heavy (non-hydrogen) atoms. The molecule has 0 aliphatic carbocycles. The van der Waals surface area contributed by atoms with Gasteiger partial charge >= 0.3 is 6.09 Å². The molecular formula is C29H28N6O3S. The van der Waals surface area contributed by atoms with E-state index in [1.165, 1.54) is 0 Å². The number of hydrogen-bond donors (Lipinski definition) is 3. The summed E-state index contributed by atoms with van der Waals surface area (Å²) in [6.07, 6.45) is -0.549. The van der Waals surface area contributed by atoms with E-state index in [-0.39, 0.29) is 19.1 Å². The molecule has 0 spiro atoms. The maximum absolute atomic E-state index is 12.0. The number of ether oxygens (including phenoxy) is 1. The van der Waals surface area contributed by atoms with Gasteiger partial charge in [-0.1, -0.05) is 55.1 Å². The number of carbonyl (C=O) groups is 2. The number of nitrogens with one attached hydrogen (secondary N) is 2. The van der Waals surface area contributed by atoms with Crippen molar-refractivity contribution in [2.24, 2.45) is 0 Å². The maximum atomic E-state index is 12.0. The molecule has 5 rings (SSSR count). The first-order valence-electron chi connectivity index (χ1n) is 12.4. The van der Waals surface area contributed by atoms with Crippen molar-refractivity contribution in [1.82, 2.24) is 25.2 Å². The Kier molecular flexibility index (Phi) is 7.55. The average molecular weight is 541 g/mol. The van der Waals surface area contributed by atoms with Gasteiger partial charge in [0.1, 0.15) is 12.1 Å². The minimum absolute atomic E-state index is 0.0734. The highest BCUT2D eigenvalue weighted by atomic mass is 32.1. The SMILES string of the molecule is C=C(C)C(=O)NCCOC(=O)NCc1ccc(Cn2c(-c3cccs3)nc3c(N)nc4ccccc4c32)cc1. The standard InChI is InChI=1S/C29H28N6O3S/c1-18(2)28(36)31-13-14-38-29(37)32-16-19-9-11-20(12-10-19)17-35-25-21-6-3-4-7-22(21)33-26(30)24(25)34-27(35)23-8-5-15-39-23/h3-12,15H,1,13-14,16-17H2,2H3,(H2,30,33)(H,31,36)(H,32,37). The van der Waals surface area contributed by atoms with Gasteiger partial charge in [-0.15, -0.1) is 11.3 Å². The van der Waals surface area contributed by atoms with Gasteiger partial charge in [0.25, 0.3) is 0 Å². The van der Waals surface area contributed by atoms with E-state index in [4.69, 9.17) is 15.5 Å². The van der Waals surface area contributed by atoms with Gasteiger partial charge in [-0.05, 0) is 35.6 Å². The van der Waals surface area contributed by atoms with Crippen molar-refractivity contribution in [2.75, 3.05) is 18.9 Å². The van der Waals surface area contributed by atoms with E-state index < -0.39 is 6.09 Å². The molecule has 0 aliphatic heterocycles. The number of nitrogens with zero attached hydrogens (tertiary/aromatic N) is 3. The predicted octanol–water partition coefficient (Wildman–Crippen LogP) is 4.86. The first-order chi connectivity index (χ1) is 18.9. The van der Waals surface area contributed by atoms with Crippen molar-refractivity contribution in [1.29, 1.82) is 0 Å². The Morgan fingerprint density at radius 2 is 1.79 bits per heavy atom. The molecular weight excluding hydrogens is 512 g/mol. The van der Waals surface area contributed by atoms with Gasteiger partial charge in [-0.2, -0.15) is 0 Å². The Balaban J connectivity index is 1.31. The molecule has 0 saturated carbocycles. The highest BCUT2D eigenvalue weighted by molar-refractivity contribution is 7.13. The summed E-state index contributed by atoms with van der Waals surface area (Å²) < 4.78 is 7.30. The number of rotatable bonds is 9. The third-order valence-corrected chi connectivity index (χ3v) is 7.03. The van der Waals surface area contributed by atoms with E-state index in [1.807, 2.05) is 60.0 Å². The van der Waals surface area contributed by atoms with Crippen LogP contribution in [0.1, 0.15) is 18.1 Å². The van der Waals surface area contributed by atoms with Gasteiger partial charge in [0.05, 0.1) is 22.5 Å². The smallest absolute Gasteiger partial charge is 0.407 e. The van der Waals surface area contributed by atoms with Gasteiger partial charge in [-0.3, -0.25) is 4.79 Å². The van der Waals surface area contributed by atoms with Crippen LogP contribution in [0, 0.1) is 0 Å². The average Bonchev–Trinajstić information content (AvgIpc) is 3.59. The summed E-state index contributed by atoms with van der Waals surface area (Å²) >= 11 is 1.63. The summed E-state index contributed by atoms with van der Waals surface area (Å²) in [4.78, 5) is 34.0. The van der Waals surface area contributed by atoms with E-state index in [1.54, 1.807) is 18.3 Å². The number of alkyl carbamates (subject to hydrolysis) is 1. The fraction of sp³-hybridized carbons (Fsp3) is 0.172. The summed E-state index contributed by atoms with van der Waals surface area (Å²) in [5.74, 6) is 0.989. The van der Waals surface area contributed by atoms with Crippen LogP contribution >= 0.6 is 11.3 Å². The first kappa shape index (κ1) is 25.9. The van der Waals surface area contributed by atoms with Gasteiger partial charge in [-0.25, -0.2) is 14.8 Å². The lowest BCUT2D eigenvalue weighted by Gasteiger charge is -2.12. The highest BCUT2D eigenvalue weighted by Crippen LogP contribution is 2.34. The van der Waals surface area contributed by atoms with Crippen molar-refractivity contribution >= 4 is 51.1 Å². The zero-order valence-electron chi connectivity index (χ0n) is 21.4. The predicted molar refractivity (Wildman–Crippen MR) is 154 cm³/mol. The summed E-state index contributed by atoms with van der Waals surface area (Å²) in [5.41, 5.74) is 11.2. The summed E-state index contributed by atoms with van der Waals surface area (Å²) in [7, 11) is 0. The zero-order valence-corrected chi connectivity index (χ0v) is 22.3. The van der Waals surface area contributed by atoms with Crippen molar-refractivity contribution in [2.45, 2.75) is 20.0 Å². The Labute approximate surface area is 229 Å². The number of para-hydroxylation sites is 1. The molecule has 2 amide bonds. The summed E-state index contributed by atoms with van der Waals surface area (Å²) in [6.45, 7) is 6.38. The molecule has 0 saturated heterocycles. The second kappa shape index (κ2) is 11.4. The Morgan fingerprint density at radius 1 is 1.03 bits per heavy atom. The van der Waals surface area contributed by atoms with E-state index >= 15 is 0 Å². The lowest BCUT2D eigenvalue weighted by Crippen LogP contribution is -2.31. The molecule has 198 valence electrons. The molecule has 2 aromatic carbocycles. The fourth-order valence-electron chi connectivity index (χ4n) is 4.24. The molecule has 0 unspecified atom stereocenters. The molecule has 4 N–H and O–H groups in total. The summed E-state index contributed by atoms with van der Waals surface area (Å²) in [5, 5.41) is 8.37. The van der Waals surface area contributed by atoms with Crippen LogP contribution in [-0.2, 0) is 22.6 Å². The molecule has 0 aliphatic rings. The number of nitrogen functional groups attached to an aromatic ring is 1.